The predicted octanol–water partition coefficient (Wildman–Crippen LogP) is 2.08. The van der Waals surface area contributed by atoms with Gasteiger partial charge >= 0.3 is 0 Å². The third-order valence-corrected chi connectivity index (χ3v) is 3.59. The van der Waals surface area contributed by atoms with Crippen LogP contribution >= 0.6 is 11.3 Å². The molecule has 2 heterocycles. The molecule has 0 amide bonds. The topological polar surface area (TPSA) is 24.9 Å². The van der Waals surface area contributed by atoms with Crippen LogP contribution in [-0.4, -0.2) is 18.1 Å². The van der Waals surface area contributed by atoms with Crippen LogP contribution in [0.3, 0.4) is 0 Å². The molecule has 0 aliphatic carbocycles. The van der Waals surface area contributed by atoms with Crippen LogP contribution in [0.5, 0.6) is 0 Å². The van der Waals surface area contributed by atoms with Crippen molar-refractivity contribution in [2.45, 2.75) is 26.2 Å². The number of thiazole rings is 1. The quantitative estimate of drug-likeness (QED) is 0.797. The summed E-state index contributed by atoms with van der Waals surface area (Å²) >= 11 is 1.79. The van der Waals surface area contributed by atoms with E-state index in [1.807, 2.05) is 11.7 Å². The van der Waals surface area contributed by atoms with E-state index in [0.717, 1.165) is 0 Å². The minimum absolute atomic E-state index is 0.557. The maximum absolute atomic E-state index is 4.12. The minimum atomic E-state index is 0.557. The fourth-order valence-corrected chi connectivity index (χ4v) is 2.87. The van der Waals surface area contributed by atoms with Gasteiger partial charge in [-0.15, -0.1) is 11.3 Å². The van der Waals surface area contributed by atoms with Gasteiger partial charge in [0.1, 0.15) is 0 Å². The van der Waals surface area contributed by atoms with Crippen LogP contribution in [0, 0.1) is 5.41 Å². The Balaban J connectivity index is 1.98. The number of rotatable bonds is 4. The number of nitrogens with zero attached hydrogens (tertiary/aromatic N) is 1. The molecular formula is C10H16N2S. The molecule has 0 aromatic carbocycles. The molecule has 2 rings (SSSR count). The maximum Gasteiger partial charge on any atom is 0.0794 e. The first-order valence-corrected chi connectivity index (χ1v) is 5.81. The van der Waals surface area contributed by atoms with Crippen molar-refractivity contribution in [3.63, 3.8) is 0 Å². The van der Waals surface area contributed by atoms with Gasteiger partial charge in [-0.3, -0.25) is 4.98 Å². The van der Waals surface area contributed by atoms with Gasteiger partial charge in [-0.05, 0) is 12.8 Å². The molecule has 0 saturated carbocycles. The zero-order valence-electron chi connectivity index (χ0n) is 8.05. The summed E-state index contributed by atoms with van der Waals surface area (Å²) in [5, 5.41) is 3.38. The van der Waals surface area contributed by atoms with Crippen molar-refractivity contribution in [3.8, 4) is 0 Å². The van der Waals surface area contributed by atoms with Crippen molar-refractivity contribution in [2.24, 2.45) is 5.41 Å². The Bertz CT molecular complexity index is 252. The fraction of sp³-hybridized carbons (Fsp3) is 0.700. The first-order chi connectivity index (χ1) is 6.35. The van der Waals surface area contributed by atoms with Crippen LogP contribution in [-0.2, 0) is 6.42 Å². The van der Waals surface area contributed by atoms with Crippen molar-refractivity contribution >= 4 is 11.3 Å². The molecule has 2 nitrogen and oxygen atoms in total. The summed E-state index contributed by atoms with van der Waals surface area (Å²) in [4.78, 5) is 5.56. The van der Waals surface area contributed by atoms with E-state index in [-0.39, 0.29) is 0 Å². The molecule has 0 bridgehead atoms. The standard InChI is InChI=1S/C10H16N2S/c1-2-3-10(6-12-7-10)4-9-5-11-8-13-9/h5,8,12H,2-4,6-7H2,1H3. The van der Waals surface area contributed by atoms with Crippen molar-refractivity contribution in [1.82, 2.24) is 10.3 Å². The van der Waals surface area contributed by atoms with Crippen molar-refractivity contribution in [3.05, 3.63) is 16.6 Å². The van der Waals surface area contributed by atoms with Gasteiger partial charge in [-0.1, -0.05) is 13.3 Å². The van der Waals surface area contributed by atoms with Gasteiger partial charge in [0.2, 0.25) is 0 Å². The number of aromatic nitrogens is 1. The monoisotopic (exact) mass is 196 g/mol. The minimum Gasteiger partial charge on any atom is -0.316 e. The first kappa shape index (κ1) is 9.16. The Labute approximate surface area is 83.4 Å². The van der Waals surface area contributed by atoms with Crippen LogP contribution in [0.4, 0.5) is 0 Å². The smallest absolute Gasteiger partial charge is 0.0794 e. The zero-order valence-corrected chi connectivity index (χ0v) is 8.86. The van der Waals surface area contributed by atoms with Gasteiger partial charge in [0.15, 0.2) is 0 Å². The zero-order chi connectivity index (χ0) is 9.15. The van der Waals surface area contributed by atoms with E-state index in [9.17, 15) is 0 Å². The van der Waals surface area contributed by atoms with E-state index in [1.54, 1.807) is 11.3 Å². The van der Waals surface area contributed by atoms with Gasteiger partial charge in [0, 0.05) is 29.6 Å². The lowest BCUT2D eigenvalue weighted by atomic mass is 9.75. The Hall–Kier alpha value is -0.410. The van der Waals surface area contributed by atoms with E-state index in [2.05, 4.69) is 17.2 Å². The summed E-state index contributed by atoms with van der Waals surface area (Å²) in [7, 11) is 0. The highest BCUT2D eigenvalue weighted by Gasteiger charge is 2.36. The number of hydrogen-bond donors (Lipinski definition) is 1. The SMILES string of the molecule is CCCC1(Cc2cncs2)CNC1. The molecule has 1 aliphatic rings. The van der Waals surface area contributed by atoms with Gasteiger partial charge in [0.05, 0.1) is 5.51 Å². The van der Waals surface area contributed by atoms with Crippen molar-refractivity contribution in [1.29, 1.82) is 0 Å². The van der Waals surface area contributed by atoms with Gasteiger partial charge in [-0.2, -0.15) is 0 Å². The molecule has 1 aromatic heterocycles. The van der Waals surface area contributed by atoms with Gasteiger partial charge in [-0.25, -0.2) is 0 Å². The average Bonchev–Trinajstić information content (AvgIpc) is 2.53. The number of hydrogen-bond acceptors (Lipinski definition) is 3. The Morgan fingerprint density at radius 2 is 2.46 bits per heavy atom. The van der Waals surface area contributed by atoms with Crippen LogP contribution in [0.15, 0.2) is 11.7 Å². The summed E-state index contributed by atoms with van der Waals surface area (Å²) in [5.41, 5.74) is 2.49. The summed E-state index contributed by atoms with van der Waals surface area (Å²) in [6, 6.07) is 0. The first-order valence-electron chi connectivity index (χ1n) is 4.93. The van der Waals surface area contributed by atoms with Crippen molar-refractivity contribution in [2.75, 3.05) is 13.1 Å². The summed E-state index contributed by atoms with van der Waals surface area (Å²) in [5.74, 6) is 0. The Kier molecular flexibility index (Phi) is 2.65. The molecule has 0 unspecified atom stereocenters. The highest BCUT2D eigenvalue weighted by Crippen LogP contribution is 2.33. The molecule has 1 N–H and O–H groups in total. The Morgan fingerprint density at radius 1 is 1.62 bits per heavy atom. The van der Waals surface area contributed by atoms with E-state index >= 15 is 0 Å². The molecule has 0 spiro atoms. The predicted molar refractivity (Wildman–Crippen MR) is 56.0 cm³/mol. The normalized spacial score (nSPS) is 19.8. The summed E-state index contributed by atoms with van der Waals surface area (Å²) in [6.07, 6.45) is 5.87. The molecule has 1 aromatic rings. The summed E-state index contributed by atoms with van der Waals surface area (Å²) < 4.78 is 0. The van der Waals surface area contributed by atoms with Crippen molar-refractivity contribution < 1.29 is 0 Å². The average molecular weight is 196 g/mol. The van der Waals surface area contributed by atoms with E-state index in [0.29, 0.717) is 5.41 Å². The molecular weight excluding hydrogens is 180 g/mol. The lowest BCUT2D eigenvalue weighted by molar-refractivity contribution is 0.152. The molecule has 1 aliphatic heterocycles. The molecule has 0 atom stereocenters. The van der Waals surface area contributed by atoms with Crippen LogP contribution in [0.25, 0.3) is 0 Å². The lowest BCUT2D eigenvalue weighted by Gasteiger charge is -2.42. The molecule has 1 saturated heterocycles. The lowest BCUT2D eigenvalue weighted by Crippen LogP contribution is -2.54. The van der Waals surface area contributed by atoms with Crippen LogP contribution in [0.2, 0.25) is 0 Å². The van der Waals surface area contributed by atoms with Gasteiger partial charge in [0.25, 0.3) is 0 Å². The van der Waals surface area contributed by atoms with Crippen LogP contribution in [0.1, 0.15) is 24.6 Å². The fourth-order valence-electron chi connectivity index (χ4n) is 2.10. The van der Waals surface area contributed by atoms with Crippen LogP contribution < -0.4 is 5.32 Å². The highest BCUT2D eigenvalue weighted by molar-refractivity contribution is 7.09. The molecule has 0 radical (unpaired) electrons. The third-order valence-electron chi connectivity index (χ3n) is 2.81. The molecule has 72 valence electrons. The second-order valence-electron chi connectivity index (χ2n) is 4.00. The second kappa shape index (κ2) is 3.76. The largest absolute Gasteiger partial charge is 0.316 e. The van der Waals surface area contributed by atoms with E-state index in [4.69, 9.17) is 0 Å². The maximum atomic E-state index is 4.12. The highest BCUT2D eigenvalue weighted by atomic mass is 32.1. The molecule has 1 fully saturated rings. The van der Waals surface area contributed by atoms with Gasteiger partial charge < -0.3 is 5.32 Å². The third kappa shape index (κ3) is 1.92. The van der Waals surface area contributed by atoms with E-state index in [1.165, 1.54) is 37.2 Å². The Morgan fingerprint density at radius 3 is 2.92 bits per heavy atom. The summed E-state index contributed by atoms with van der Waals surface area (Å²) in [6.45, 7) is 4.66. The molecule has 3 heteroatoms. The molecule has 13 heavy (non-hydrogen) atoms. The number of nitrogens with one attached hydrogen (secondary N) is 1. The van der Waals surface area contributed by atoms with E-state index < -0.39 is 0 Å². The second-order valence-corrected chi connectivity index (χ2v) is 4.97.